The molecular formula is C11H15BrClNO3S. The minimum Gasteiger partial charge on any atom is -0.385 e. The molecule has 1 unspecified atom stereocenters. The molecule has 0 amide bonds. The van der Waals surface area contributed by atoms with Crippen molar-refractivity contribution in [2.24, 2.45) is 0 Å². The van der Waals surface area contributed by atoms with Crippen molar-refractivity contribution in [1.82, 2.24) is 4.72 Å². The van der Waals surface area contributed by atoms with E-state index in [2.05, 4.69) is 20.7 Å². The van der Waals surface area contributed by atoms with Crippen LogP contribution in [0.4, 0.5) is 0 Å². The highest BCUT2D eigenvalue weighted by molar-refractivity contribution is 9.10. The van der Waals surface area contributed by atoms with Crippen molar-refractivity contribution in [3.05, 3.63) is 27.7 Å². The maximum absolute atomic E-state index is 12.1. The first-order chi connectivity index (χ1) is 8.36. The van der Waals surface area contributed by atoms with Gasteiger partial charge in [0.25, 0.3) is 0 Å². The largest absolute Gasteiger partial charge is 0.385 e. The first kappa shape index (κ1) is 15.9. The molecule has 0 fully saturated rings. The molecule has 0 heterocycles. The summed E-state index contributed by atoms with van der Waals surface area (Å²) in [5.41, 5.74) is 0. The lowest BCUT2D eigenvalue weighted by Gasteiger charge is -2.14. The van der Waals surface area contributed by atoms with E-state index in [0.717, 1.165) is 0 Å². The highest BCUT2D eigenvalue weighted by atomic mass is 79.9. The van der Waals surface area contributed by atoms with E-state index < -0.39 is 10.0 Å². The first-order valence-corrected chi connectivity index (χ1v) is 7.98. The van der Waals surface area contributed by atoms with Crippen LogP contribution in [0.15, 0.2) is 27.6 Å². The Balaban J connectivity index is 2.83. The summed E-state index contributed by atoms with van der Waals surface area (Å²) in [7, 11) is -1.94. The van der Waals surface area contributed by atoms with Gasteiger partial charge in [0.05, 0.1) is 9.92 Å². The average molecular weight is 357 g/mol. The molecule has 7 heteroatoms. The monoisotopic (exact) mass is 355 g/mol. The van der Waals surface area contributed by atoms with Gasteiger partial charge in [0.15, 0.2) is 0 Å². The fourth-order valence-corrected chi connectivity index (χ4v) is 3.28. The Morgan fingerprint density at radius 3 is 2.72 bits per heavy atom. The van der Waals surface area contributed by atoms with Crippen LogP contribution in [0, 0.1) is 0 Å². The van der Waals surface area contributed by atoms with Gasteiger partial charge in [-0.05, 0) is 47.5 Å². The average Bonchev–Trinajstić information content (AvgIpc) is 2.29. The first-order valence-electron chi connectivity index (χ1n) is 5.33. The number of nitrogens with one attached hydrogen (secondary N) is 1. The zero-order valence-corrected chi connectivity index (χ0v) is 13.3. The fourth-order valence-electron chi connectivity index (χ4n) is 1.33. The van der Waals surface area contributed by atoms with E-state index >= 15 is 0 Å². The highest BCUT2D eigenvalue weighted by Crippen LogP contribution is 2.25. The molecule has 102 valence electrons. The fraction of sp³-hybridized carbons (Fsp3) is 0.455. The maximum atomic E-state index is 12.1. The van der Waals surface area contributed by atoms with Crippen LogP contribution >= 0.6 is 27.5 Å². The molecule has 0 aliphatic rings. The maximum Gasteiger partial charge on any atom is 0.240 e. The normalized spacial score (nSPS) is 13.6. The van der Waals surface area contributed by atoms with Crippen LogP contribution in [0.25, 0.3) is 0 Å². The van der Waals surface area contributed by atoms with Crippen LogP contribution in [0.1, 0.15) is 13.3 Å². The van der Waals surface area contributed by atoms with Crippen molar-refractivity contribution >= 4 is 37.6 Å². The Morgan fingerprint density at radius 1 is 1.50 bits per heavy atom. The lowest BCUT2D eigenvalue weighted by atomic mass is 10.3. The van der Waals surface area contributed by atoms with E-state index in [4.69, 9.17) is 16.3 Å². The smallest absolute Gasteiger partial charge is 0.240 e. The summed E-state index contributed by atoms with van der Waals surface area (Å²) in [4.78, 5) is 0.183. The number of ether oxygens (including phenoxy) is 1. The second-order valence-corrected chi connectivity index (χ2v) is 6.86. The van der Waals surface area contributed by atoms with Gasteiger partial charge in [0, 0.05) is 24.2 Å². The second-order valence-electron chi connectivity index (χ2n) is 3.88. The number of sulfonamides is 1. The molecule has 4 nitrogen and oxygen atoms in total. The van der Waals surface area contributed by atoms with E-state index in [9.17, 15) is 8.42 Å². The summed E-state index contributed by atoms with van der Waals surface area (Å²) in [5, 5.41) is 0.474. The summed E-state index contributed by atoms with van der Waals surface area (Å²) < 4.78 is 32.1. The predicted molar refractivity (Wildman–Crippen MR) is 75.4 cm³/mol. The van der Waals surface area contributed by atoms with Crippen molar-refractivity contribution in [3.8, 4) is 0 Å². The summed E-state index contributed by atoms with van der Waals surface area (Å²) in [6.07, 6.45) is 0.616. The lowest BCUT2D eigenvalue weighted by molar-refractivity contribution is 0.188. The second kappa shape index (κ2) is 6.86. The summed E-state index contributed by atoms with van der Waals surface area (Å²) in [5.74, 6) is 0. The topological polar surface area (TPSA) is 55.4 Å². The third kappa shape index (κ3) is 4.51. The van der Waals surface area contributed by atoms with Crippen LogP contribution in [0.5, 0.6) is 0 Å². The standard InChI is InChI=1S/C11H15BrClNO3S/c1-8(5-6-17-2)14-18(15,16)9-3-4-11(13)10(12)7-9/h3-4,7-8,14H,5-6H2,1-2H3. The van der Waals surface area contributed by atoms with E-state index in [-0.39, 0.29) is 10.9 Å². The van der Waals surface area contributed by atoms with Gasteiger partial charge in [-0.2, -0.15) is 0 Å². The van der Waals surface area contributed by atoms with E-state index in [1.807, 2.05) is 0 Å². The molecule has 0 radical (unpaired) electrons. The zero-order valence-electron chi connectivity index (χ0n) is 10.1. The van der Waals surface area contributed by atoms with Crippen LogP contribution in [0.2, 0.25) is 5.02 Å². The molecule has 0 saturated heterocycles. The van der Waals surface area contributed by atoms with Crippen molar-refractivity contribution in [3.63, 3.8) is 0 Å². The molecule has 0 saturated carbocycles. The number of hydrogen-bond donors (Lipinski definition) is 1. The van der Waals surface area contributed by atoms with E-state index in [0.29, 0.717) is 22.5 Å². The molecule has 0 aliphatic heterocycles. The van der Waals surface area contributed by atoms with Crippen LogP contribution < -0.4 is 4.72 Å². The zero-order chi connectivity index (χ0) is 13.8. The van der Waals surface area contributed by atoms with Crippen molar-refractivity contribution < 1.29 is 13.2 Å². The van der Waals surface area contributed by atoms with Gasteiger partial charge < -0.3 is 4.74 Å². The van der Waals surface area contributed by atoms with Crippen molar-refractivity contribution in [1.29, 1.82) is 0 Å². The van der Waals surface area contributed by atoms with Gasteiger partial charge >= 0.3 is 0 Å². The van der Waals surface area contributed by atoms with E-state index in [1.165, 1.54) is 12.1 Å². The number of benzene rings is 1. The van der Waals surface area contributed by atoms with Crippen LogP contribution in [-0.2, 0) is 14.8 Å². The Labute approximate surface area is 121 Å². The Bertz CT molecular complexity index is 507. The molecule has 1 aromatic rings. The molecule has 0 aliphatic carbocycles. The summed E-state index contributed by atoms with van der Waals surface area (Å²) >= 11 is 9.03. The number of halogens is 2. The van der Waals surface area contributed by atoms with Gasteiger partial charge in [0.2, 0.25) is 10.0 Å². The summed E-state index contributed by atoms with van der Waals surface area (Å²) in [6.45, 7) is 2.30. The van der Waals surface area contributed by atoms with Gasteiger partial charge in [-0.1, -0.05) is 11.6 Å². The lowest BCUT2D eigenvalue weighted by Crippen LogP contribution is -2.33. The molecule has 1 atom stereocenters. The quantitative estimate of drug-likeness (QED) is 0.852. The van der Waals surface area contributed by atoms with Crippen molar-refractivity contribution in [2.75, 3.05) is 13.7 Å². The van der Waals surface area contributed by atoms with Gasteiger partial charge in [-0.3, -0.25) is 0 Å². The molecule has 1 rings (SSSR count). The van der Waals surface area contributed by atoms with E-state index in [1.54, 1.807) is 20.1 Å². The van der Waals surface area contributed by atoms with Gasteiger partial charge in [0.1, 0.15) is 0 Å². The number of rotatable bonds is 6. The Hall–Kier alpha value is -0.140. The predicted octanol–water partition coefficient (Wildman–Crippen LogP) is 2.81. The number of hydrogen-bond acceptors (Lipinski definition) is 3. The Kier molecular flexibility index (Phi) is 6.07. The number of methoxy groups -OCH3 is 1. The van der Waals surface area contributed by atoms with Crippen LogP contribution in [-0.4, -0.2) is 28.2 Å². The third-order valence-electron chi connectivity index (χ3n) is 2.31. The van der Waals surface area contributed by atoms with Gasteiger partial charge in [-0.25, -0.2) is 13.1 Å². The van der Waals surface area contributed by atoms with Crippen molar-refractivity contribution in [2.45, 2.75) is 24.3 Å². The molecule has 0 spiro atoms. The highest BCUT2D eigenvalue weighted by Gasteiger charge is 2.18. The molecule has 18 heavy (non-hydrogen) atoms. The summed E-state index contributed by atoms with van der Waals surface area (Å²) in [6, 6.07) is 4.30. The molecule has 1 N–H and O–H groups in total. The molecular weight excluding hydrogens is 342 g/mol. The van der Waals surface area contributed by atoms with Gasteiger partial charge in [-0.15, -0.1) is 0 Å². The molecule has 0 aromatic heterocycles. The SMILES string of the molecule is COCCC(C)NS(=O)(=O)c1ccc(Cl)c(Br)c1. The minimum atomic E-state index is -3.52. The minimum absolute atomic E-state index is 0.183. The molecule has 1 aromatic carbocycles. The third-order valence-corrected chi connectivity index (χ3v) is 5.11. The van der Waals surface area contributed by atoms with Crippen LogP contribution in [0.3, 0.4) is 0 Å². The molecule has 0 bridgehead atoms. The Morgan fingerprint density at radius 2 is 2.17 bits per heavy atom.